The number of methoxy groups -OCH3 is 1. The summed E-state index contributed by atoms with van der Waals surface area (Å²) in [5.74, 6) is 1.07. The zero-order valence-corrected chi connectivity index (χ0v) is 21.9. The fraction of sp³-hybridized carbons (Fsp3) is 0.364. The molecule has 0 unspecified atom stereocenters. The van der Waals surface area contributed by atoms with E-state index in [1.54, 1.807) is 50.4 Å². The summed E-state index contributed by atoms with van der Waals surface area (Å²) in [4.78, 5) is 17.1. The van der Waals surface area contributed by atoms with E-state index in [-0.39, 0.29) is 29.9 Å². The van der Waals surface area contributed by atoms with Crippen molar-refractivity contribution in [2.45, 2.75) is 25.3 Å². The minimum Gasteiger partial charge on any atom is -0.497 e. The fourth-order valence-electron chi connectivity index (χ4n) is 2.96. The average molecular weight is 574 g/mol. The summed E-state index contributed by atoms with van der Waals surface area (Å²) in [5, 5.41) is 9.18. The Balaban J connectivity index is 0.00000512. The number of nitrogens with zero attached hydrogens (tertiary/aromatic N) is 1. The molecule has 0 aromatic heterocycles. The van der Waals surface area contributed by atoms with E-state index in [9.17, 15) is 13.2 Å². The molecular weight excluding hydrogens is 543 g/mol. The molecule has 0 aliphatic carbocycles. The highest BCUT2D eigenvalue weighted by Gasteiger charge is 2.11. The molecule has 0 saturated heterocycles. The minimum absolute atomic E-state index is 0. The third-order valence-corrected chi connectivity index (χ3v) is 5.69. The number of carbonyl (C=O) groups is 1. The van der Waals surface area contributed by atoms with Crippen LogP contribution in [0.4, 0.5) is 0 Å². The third-order valence-electron chi connectivity index (χ3n) is 4.44. The van der Waals surface area contributed by atoms with Gasteiger partial charge in [-0.25, -0.2) is 13.4 Å². The predicted molar refractivity (Wildman–Crippen MR) is 138 cm³/mol. The second kappa shape index (κ2) is 13.3. The Morgan fingerprint density at radius 1 is 1.06 bits per heavy atom. The molecule has 0 spiro atoms. The van der Waals surface area contributed by atoms with Crippen molar-refractivity contribution in [1.29, 1.82) is 0 Å². The second-order valence-corrected chi connectivity index (χ2v) is 8.97. The van der Waals surface area contributed by atoms with E-state index in [2.05, 4.69) is 20.9 Å². The van der Waals surface area contributed by atoms with E-state index in [0.29, 0.717) is 53.9 Å². The summed E-state index contributed by atoms with van der Waals surface area (Å²) >= 11 is 0. The maximum atomic E-state index is 12.2. The van der Waals surface area contributed by atoms with Crippen LogP contribution in [0.5, 0.6) is 5.75 Å². The van der Waals surface area contributed by atoms with E-state index in [1.165, 1.54) is 6.26 Å². The molecular formula is C22H31IN4O4S. The van der Waals surface area contributed by atoms with Crippen LogP contribution in [0.2, 0.25) is 0 Å². The molecule has 0 heterocycles. The number of aliphatic imine (C=N–C) groups is 1. The van der Waals surface area contributed by atoms with E-state index < -0.39 is 9.84 Å². The van der Waals surface area contributed by atoms with Crippen LogP contribution >= 0.6 is 24.0 Å². The molecule has 32 heavy (non-hydrogen) atoms. The van der Waals surface area contributed by atoms with Crippen LogP contribution in [-0.4, -0.2) is 53.3 Å². The van der Waals surface area contributed by atoms with Crippen LogP contribution in [0.25, 0.3) is 0 Å². The lowest BCUT2D eigenvalue weighted by atomic mass is 10.1. The highest BCUT2D eigenvalue weighted by molar-refractivity contribution is 14.0. The van der Waals surface area contributed by atoms with Crippen molar-refractivity contribution >= 4 is 45.7 Å². The summed E-state index contributed by atoms with van der Waals surface area (Å²) in [7, 11) is -1.68. The number of benzene rings is 2. The number of hydrogen-bond donors (Lipinski definition) is 3. The zero-order chi connectivity index (χ0) is 22.9. The first kappa shape index (κ1) is 27.7. The van der Waals surface area contributed by atoms with E-state index in [0.717, 1.165) is 5.56 Å². The quantitative estimate of drug-likeness (QED) is 0.184. The van der Waals surface area contributed by atoms with Crippen molar-refractivity contribution in [3.8, 4) is 5.75 Å². The van der Waals surface area contributed by atoms with E-state index >= 15 is 0 Å². The molecule has 0 fully saturated rings. The largest absolute Gasteiger partial charge is 0.497 e. The molecule has 176 valence electrons. The Morgan fingerprint density at radius 3 is 2.41 bits per heavy atom. The Labute approximate surface area is 207 Å². The van der Waals surface area contributed by atoms with Crippen LogP contribution in [0, 0.1) is 6.92 Å². The topological polar surface area (TPSA) is 109 Å². The molecule has 3 N–H and O–H groups in total. The molecule has 1 amide bonds. The molecule has 0 atom stereocenters. The van der Waals surface area contributed by atoms with Gasteiger partial charge in [0.2, 0.25) is 0 Å². The average Bonchev–Trinajstić information content (AvgIpc) is 2.73. The van der Waals surface area contributed by atoms with Crippen LogP contribution in [0.3, 0.4) is 0 Å². The van der Waals surface area contributed by atoms with Crippen LogP contribution in [0.15, 0.2) is 52.4 Å². The Morgan fingerprint density at radius 2 is 1.78 bits per heavy atom. The number of aryl methyl sites for hydroxylation is 1. The smallest absolute Gasteiger partial charge is 0.251 e. The molecule has 0 radical (unpaired) electrons. The molecule has 2 aromatic carbocycles. The zero-order valence-electron chi connectivity index (χ0n) is 18.8. The molecule has 0 aliphatic rings. The molecule has 10 heteroatoms. The lowest BCUT2D eigenvalue weighted by Gasteiger charge is -2.12. The number of amides is 1. The van der Waals surface area contributed by atoms with Gasteiger partial charge in [0.15, 0.2) is 15.8 Å². The van der Waals surface area contributed by atoms with Crippen molar-refractivity contribution in [1.82, 2.24) is 16.0 Å². The van der Waals surface area contributed by atoms with Gasteiger partial charge in [-0.3, -0.25) is 4.79 Å². The van der Waals surface area contributed by atoms with Gasteiger partial charge in [0.25, 0.3) is 5.91 Å². The van der Waals surface area contributed by atoms with Gasteiger partial charge in [-0.1, -0.05) is 18.2 Å². The minimum atomic E-state index is -3.24. The normalized spacial score (nSPS) is 11.3. The molecule has 0 saturated carbocycles. The van der Waals surface area contributed by atoms with Gasteiger partial charge in [0, 0.05) is 31.5 Å². The SMILES string of the molecule is CCNC(=NCc1ccc(S(C)(=O)=O)c(C)c1)NCCNC(=O)c1cccc(OC)c1.I. The molecule has 8 nitrogen and oxygen atoms in total. The number of rotatable bonds is 9. The van der Waals surface area contributed by atoms with Gasteiger partial charge in [-0.15, -0.1) is 24.0 Å². The van der Waals surface area contributed by atoms with Gasteiger partial charge in [0.1, 0.15) is 5.75 Å². The van der Waals surface area contributed by atoms with E-state index in [1.807, 2.05) is 13.0 Å². The lowest BCUT2D eigenvalue weighted by Crippen LogP contribution is -2.41. The number of sulfone groups is 1. The van der Waals surface area contributed by atoms with Gasteiger partial charge in [-0.05, 0) is 49.2 Å². The number of guanidine groups is 1. The number of hydrogen-bond acceptors (Lipinski definition) is 5. The monoisotopic (exact) mass is 574 g/mol. The maximum absolute atomic E-state index is 12.2. The van der Waals surface area contributed by atoms with Crippen molar-refractivity contribution in [3.05, 3.63) is 59.2 Å². The van der Waals surface area contributed by atoms with Crippen molar-refractivity contribution in [2.75, 3.05) is 33.0 Å². The molecule has 0 bridgehead atoms. The van der Waals surface area contributed by atoms with Crippen molar-refractivity contribution in [2.24, 2.45) is 4.99 Å². The van der Waals surface area contributed by atoms with Gasteiger partial charge in [0.05, 0.1) is 18.6 Å². The van der Waals surface area contributed by atoms with Crippen LogP contribution in [-0.2, 0) is 16.4 Å². The number of nitrogens with one attached hydrogen (secondary N) is 3. The summed E-state index contributed by atoms with van der Waals surface area (Å²) in [6.07, 6.45) is 1.20. The van der Waals surface area contributed by atoms with Crippen LogP contribution in [0.1, 0.15) is 28.4 Å². The van der Waals surface area contributed by atoms with Gasteiger partial charge >= 0.3 is 0 Å². The molecule has 0 aliphatic heterocycles. The Kier molecular flexibility index (Phi) is 11.5. The first-order valence-corrected chi connectivity index (χ1v) is 11.9. The van der Waals surface area contributed by atoms with E-state index in [4.69, 9.17) is 4.74 Å². The van der Waals surface area contributed by atoms with Gasteiger partial charge in [-0.2, -0.15) is 0 Å². The highest BCUT2D eigenvalue weighted by atomic mass is 127. The summed E-state index contributed by atoms with van der Waals surface area (Å²) < 4.78 is 28.6. The molecule has 2 aromatic rings. The summed E-state index contributed by atoms with van der Waals surface area (Å²) in [6, 6.07) is 12.2. The van der Waals surface area contributed by atoms with Crippen molar-refractivity contribution in [3.63, 3.8) is 0 Å². The first-order valence-electron chi connectivity index (χ1n) is 9.98. The van der Waals surface area contributed by atoms with Crippen molar-refractivity contribution < 1.29 is 17.9 Å². The number of halogens is 1. The first-order chi connectivity index (χ1) is 14.7. The summed E-state index contributed by atoms with van der Waals surface area (Å²) in [5.41, 5.74) is 2.15. The molecule has 2 rings (SSSR count). The second-order valence-electron chi connectivity index (χ2n) is 6.98. The fourth-order valence-corrected chi connectivity index (χ4v) is 3.92. The highest BCUT2D eigenvalue weighted by Crippen LogP contribution is 2.17. The maximum Gasteiger partial charge on any atom is 0.251 e. The Bertz CT molecular complexity index is 1040. The van der Waals surface area contributed by atoms with Gasteiger partial charge < -0.3 is 20.7 Å². The number of carbonyl (C=O) groups excluding carboxylic acids is 1. The number of ether oxygens (including phenoxy) is 1. The Hall–Kier alpha value is -2.34. The lowest BCUT2D eigenvalue weighted by molar-refractivity contribution is 0.0954. The summed E-state index contributed by atoms with van der Waals surface area (Å²) in [6.45, 7) is 5.74. The predicted octanol–water partition coefficient (Wildman–Crippen LogP) is 2.51. The van der Waals surface area contributed by atoms with Crippen LogP contribution < -0.4 is 20.7 Å². The standard InChI is InChI=1S/C22H30N4O4S.HI/c1-5-23-22(26-15-17-9-10-20(16(2)13-17)31(4,28)29)25-12-11-24-21(27)18-7-6-8-19(14-18)30-3;/h6-10,13-14H,5,11-12,15H2,1-4H3,(H,24,27)(H2,23,25,26);1H. The third kappa shape index (κ3) is 8.65.